The van der Waals surface area contributed by atoms with Crippen molar-refractivity contribution in [3.63, 3.8) is 0 Å². The molecule has 40 heteroatoms. The van der Waals surface area contributed by atoms with E-state index in [0.29, 0.717) is 6.42 Å². The summed E-state index contributed by atoms with van der Waals surface area (Å²) >= 11 is 4.97. The molecule has 11 aliphatic rings. The number of likely N-dealkylation sites (N-methyl/N-ethyl adjacent to an activating group) is 1. The van der Waals surface area contributed by atoms with Gasteiger partial charge in [-0.05, 0) is 185 Å². The van der Waals surface area contributed by atoms with Crippen molar-refractivity contribution in [2.45, 2.75) is 491 Å². The Morgan fingerprint density at radius 3 is 1.03 bits per heavy atom. The third-order valence-corrected chi connectivity index (χ3v) is 25.5. The van der Waals surface area contributed by atoms with Crippen LogP contribution in [-0.2, 0) is 130 Å². The fourth-order valence-corrected chi connectivity index (χ4v) is 18.2. The Hall–Kier alpha value is -3.40. The Kier molecular flexibility index (Phi) is 72.4. The largest absolute Gasteiger partial charge is 1.00 e. The molecule has 11 heterocycles. The molecule has 15 unspecified atom stereocenters. The molecule has 146 heavy (non-hydrogen) atoms. The second-order valence-electron chi connectivity index (χ2n) is 39.0. The van der Waals surface area contributed by atoms with Crippen molar-refractivity contribution < 1.29 is 205 Å². The van der Waals surface area contributed by atoms with Crippen molar-refractivity contribution in [1.82, 2.24) is 4.90 Å². The van der Waals surface area contributed by atoms with Crippen LogP contribution >= 0.6 is 11.6 Å². The number of halogens is 1. The number of methoxy groups -OCH3 is 6. The Balaban J connectivity index is 0.000000911. The predicted molar refractivity (Wildman–Crippen MR) is 542 cm³/mol. The molecule has 0 spiro atoms. The average Bonchev–Trinajstić information content (AvgIpc) is 1.60. The van der Waals surface area contributed by atoms with Crippen LogP contribution in [0.2, 0.25) is 0 Å². The van der Waals surface area contributed by atoms with Gasteiger partial charge >= 0.3 is 42.4 Å². The van der Waals surface area contributed by atoms with Crippen molar-refractivity contribution >= 4 is 29.5 Å². The van der Waals surface area contributed by atoms with E-state index >= 15 is 0 Å². The van der Waals surface area contributed by atoms with Crippen LogP contribution in [0.15, 0.2) is 78.9 Å². The number of aliphatic hydroxyl groups is 7. The van der Waals surface area contributed by atoms with Crippen LogP contribution < -0.4 is 40.5 Å². The molecule has 1 aromatic carbocycles. The Labute approximate surface area is 899 Å². The Morgan fingerprint density at radius 1 is 0.438 bits per heavy atom. The quantitative estimate of drug-likeness (QED) is 0.00556. The first kappa shape index (κ1) is 139. The van der Waals surface area contributed by atoms with E-state index in [2.05, 4.69) is 118 Å². The molecule has 38 nitrogen and oxygen atoms in total. The van der Waals surface area contributed by atoms with Gasteiger partial charge in [0.2, 0.25) is 0 Å². The molecule has 11 aliphatic heterocycles. The number of nitrogens with zero attached hydrogens (tertiary/aromatic N) is 1. The minimum absolute atomic E-state index is 0. The summed E-state index contributed by atoms with van der Waals surface area (Å²) in [5, 5.41) is 78.3. The number of hydrogen-bond donors (Lipinski definition) is 9. The molecule has 0 radical (unpaired) electrons. The van der Waals surface area contributed by atoms with E-state index in [0.717, 1.165) is 69.9 Å². The number of aliphatic hydroxyl groups excluding tert-OH is 7. The molecule has 0 saturated carbocycles. The molecule has 12 rings (SSSR count). The molecular weight excluding hydrogens is 1940 g/mol. The number of ether oxygens (including phenoxy) is 23. The van der Waals surface area contributed by atoms with Gasteiger partial charge < -0.3 is 171 Å². The summed E-state index contributed by atoms with van der Waals surface area (Å²) in [6.07, 6.45) is 43.6. The number of unbranched alkanes of at least 4 members (excludes halogenated alkanes) is 18. The van der Waals surface area contributed by atoms with Crippen molar-refractivity contribution in [2.75, 3.05) is 83.6 Å². The van der Waals surface area contributed by atoms with Gasteiger partial charge in [0.1, 0.15) is 104 Å². The molecule has 11 saturated heterocycles. The first-order chi connectivity index (χ1) is 69.2. The van der Waals surface area contributed by atoms with Crippen molar-refractivity contribution in [1.29, 1.82) is 0 Å². The normalized spacial score (nSPS) is 30.7. The third-order valence-electron chi connectivity index (χ3n) is 25.4. The number of allylic oxidation sites excluding steroid dienone is 8. The topological polar surface area (TPSA) is 487 Å². The van der Waals surface area contributed by atoms with Crippen molar-refractivity contribution in [2.24, 2.45) is 5.73 Å². The maximum Gasteiger partial charge on any atom is 1.00 e. The fraction of sp³-hybridized carbons (Fsp3) is 0.840. The van der Waals surface area contributed by atoms with Gasteiger partial charge in [-0.2, -0.15) is 0 Å². The number of fused-ring (bicyclic) bond motifs is 5. The van der Waals surface area contributed by atoms with Gasteiger partial charge in [-0.15, -0.1) is 0 Å². The number of aliphatic carboxylic acids is 1. The number of rotatable bonds is 50. The van der Waals surface area contributed by atoms with Gasteiger partial charge in [0.25, 0.3) is 6.47 Å². The van der Waals surface area contributed by atoms with Gasteiger partial charge in [-0.25, -0.2) is 9.59 Å². The summed E-state index contributed by atoms with van der Waals surface area (Å²) in [6.45, 7) is 27.9. The van der Waals surface area contributed by atoms with Crippen LogP contribution in [0.3, 0.4) is 0 Å². The summed E-state index contributed by atoms with van der Waals surface area (Å²) in [5.41, 5.74) is 4.66. The molecular formula is C106H189ClN2NaO36+. The van der Waals surface area contributed by atoms with Gasteiger partial charge in [-0.1, -0.05) is 198 Å². The molecule has 1 aromatic rings. The predicted octanol–water partition coefficient (Wildman–Crippen LogP) is 10.9. The van der Waals surface area contributed by atoms with Crippen LogP contribution in [-0.4, -0.2) is 342 Å². The van der Waals surface area contributed by atoms with Crippen molar-refractivity contribution in [3.8, 4) is 0 Å². The minimum atomic E-state index is -2.07. The molecule has 0 aliphatic carbocycles. The van der Waals surface area contributed by atoms with E-state index in [9.17, 15) is 19.8 Å². The number of hydrogen-bond acceptors (Lipinski definition) is 37. The van der Waals surface area contributed by atoms with E-state index in [-0.39, 0.29) is 173 Å². The standard InChI is InChI=1S/C45H81NO4.3C10H18O4.C9H16O5.C8H7ClO2.C7H14O4.C5H10O6.CH5N.CH2O3.Na/c1-6-8-10-12-14-16-18-20-22-24-26-28-30-32-34-36-38-45(49-42-41(40-46(3)4)48-44(47-5)43(42)50-45)39-37-35-33-31-29-27-25-23-21-19-17-15-13-11-9-7-2;3*1-5-6-7-8(9(11-4)12-6)14-10(2,3)13-7;1-9(2)13-6-5(4-10)12-8(11-3)7(6)14-9;9-8(10)11-6-7-4-2-1-3-5-7;1-3-4-5(8)6(9)7(10-2)11-4;6-1-2(7)3(8)4(9)5(10)11;1-2;2-1-4-3;/h14-17,20-23,41-44H,6-13,18-19,24-40H2,1-5H3;3*6-9H,5H2,1-4H3;5-8,10H,4H2,1-3H3;1-5H,6H2;4-9H,3H2,1-2H3;2-4,6-9H,1H2,(H,10,11);2H2,1H3;1,3H;/q;;;;;;;;;;+1/b16-14-,17-15-,22-20-,23-21-;;;;;;;;;;/t41-,42-,43?,44?;3*6?,7-,8-,9?;5?,6-,7-,8?;;4?,5-,6-,7?;;;;/m00000.0..../s1. The number of carboxylic acids is 1. The Bertz CT molecular complexity index is 3280. The van der Waals surface area contributed by atoms with Crippen LogP contribution in [0.5, 0.6) is 0 Å². The van der Waals surface area contributed by atoms with Crippen LogP contribution in [0.1, 0.15) is 297 Å². The Morgan fingerprint density at radius 2 is 0.733 bits per heavy atom. The number of carbonyl (C=O) groups excluding carboxylic acids is 2. The number of carboxylic acid groups (broad SMARTS) is 1. The maximum atomic E-state index is 10.2. The molecule has 0 aromatic heterocycles. The number of benzene rings is 1. The van der Waals surface area contributed by atoms with Crippen LogP contribution in [0.4, 0.5) is 4.79 Å². The van der Waals surface area contributed by atoms with Gasteiger partial charge in [0, 0.05) is 73.6 Å². The first-order valence-electron chi connectivity index (χ1n) is 52.4. The van der Waals surface area contributed by atoms with Gasteiger partial charge in [-0.3, -0.25) is 4.79 Å². The van der Waals surface area contributed by atoms with Gasteiger partial charge in [0.15, 0.2) is 72.8 Å². The molecule has 846 valence electrons. The zero-order valence-corrected chi connectivity index (χ0v) is 94.9. The maximum absolute atomic E-state index is 10.2. The molecule has 10 N–H and O–H groups in total. The van der Waals surface area contributed by atoms with E-state index in [1.807, 2.05) is 92.6 Å². The van der Waals surface area contributed by atoms with E-state index in [1.165, 1.54) is 143 Å². The minimum Gasteiger partial charge on any atom is -0.662 e. The third kappa shape index (κ3) is 49.8. The van der Waals surface area contributed by atoms with E-state index in [4.69, 9.17) is 157 Å². The molecule has 11 fully saturated rings. The zero-order chi connectivity index (χ0) is 108. The molecule has 0 amide bonds. The van der Waals surface area contributed by atoms with E-state index < -0.39 is 90.0 Å². The second kappa shape index (κ2) is 76.3. The summed E-state index contributed by atoms with van der Waals surface area (Å²) in [5.74, 6) is -4.30. The molecule has 0 bridgehead atoms. The summed E-state index contributed by atoms with van der Waals surface area (Å²) in [4.78, 5) is 33.5. The zero-order valence-electron chi connectivity index (χ0n) is 93.1. The summed E-state index contributed by atoms with van der Waals surface area (Å²) in [6, 6.07) is 9.36. The summed E-state index contributed by atoms with van der Waals surface area (Å²) in [7, 11) is 15.3. The summed E-state index contributed by atoms with van der Waals surface area (Å²) < 4.78 is 129. The SMILES string of the molecule is CCC1OC(OC)[C@@H](O)[C@H]1O.CCC1OC(OC)[C@H]2OC(C)(C)O[C@@H]12.CCC1OC(OC)[C@H]2OC(C)(C)O[C@@H]12.CCC1OC(OC)[C@H]2OC(C)(C)O[C@@H]12.CCCCC/C=C\C/C=C\CCCCCCCCC1(CCCCCCCC/C=C\C/C=C\CCCCC)OC2C(OC)O[C@@H](CN(C)C)[C@@H]2O1.CN.COC1OC(CO)[C@@H]2OC(C)(C)O[C@H]12.O=C(Cl)OCc1ccccc1.O=C(O)C(O)C(O)C(O)CO.O=CO[O-].[H+].[Na+]. The van der Waals surface area contributed by atoms with Gasteiger partial charge in [0.05, 0.1) is 37.6 Å². The van der Waals surface area contributed by atoms with Crippen molar-refractivity contribution in [3.05, 3.63) is 84.5 Å². The molecule has 27 atom stereocenters. The fourth-order valence-electron chi connectivity index (χ4n) is 18.2. The van der Waals surface area contributed by atoms with Crippen LogP contribution in [0.25, 0.3) is 0 Å². The second-order valence-corrected chi connectivity index (χ2v) is 39.3. The monoisotopic (exact) mass is 2120 g/mol. The van der Waals surface area contributed by atoms with Crippen LogP contribution in [0, 0.1) is 0 Å². The average molecular weight is 2130 g/mol. The smallest absolute Gasteiger partial charge is 0.662 e. The number of carbonyl (C=O) groups is 3. The first-order valence-corrected chi connectivity index (χ1v) is 52.8. The van der Waals surface area contributed by atoms with E-state index in [1.54, 1.807) is 35.5 Å². The number of nitrogens with two attached hydrogens (primary N) is 1.